The number of carbonyl (C=O) groups is 4. The highest BCUT2D eigenvalue weighted by atomic mass is 16.4. The van der Waals surface area contributed by atoms with E-state index < -0.39 is 42.3 Å². The van der Waals surface area contributed by atoms with Crippen molar-refractivity contribution in [3.05, 3.63) is 29.8 Å². The third-order valence-electron chi connectivity index (χ3n) is 4.38. The van der Waals surface area contributed by atoms with E-state index in [1.807, 2.05) is 6.92 Å². The van der Waals surface area contributed by atoms with Crippen LogP contribution in [-0.2, 0) is 25.6 Å². The maximum absolute atomic E-state index is 12.1. The summed E-state index contributed by atoms with van der Waals surface area (Å²) in [5, 5.41) is 25.1. The number of hydrogen-bond donors (Lipinski definition) is 6. The van der Waals surface area contributed by atoms with E-state index in [-0.39, 0.29) is 24.6 Å². The Morgan fingerprint density at radius 3 is 2.17 bits per heavy atom. The number of amides is 3. The quantitative estimate of drug-likeness (QED) is 0.276. The van der Waals surface area contributed by atoms with E-state index >= 15 is 0 Å². The summed E-state index contributed by atoms with van der Waals surface area (Å²) in [4.78, 5) is 47.0. The van der Waals surface area contributed by atoms with Gasteiger partial charge in [0.05, 0.1) is 12.6 Å². The van der Waals surface area contributed by atoms with Crippen LogP contribution in [0.5, 0.6) is 5.75 Å². The zero-order chi connectivity index (χ0) is 22.0. The zero-order valence-electron chi connectivity index (χ0n) is 16.5. The van der Waals surface area contributed by atoms with Crippen LogP contribution in [0.2, 0.25) is 0 Å². The number of hydrogen-bond acceptors (Lipinski definition) is 6. The molecule has 10 nitrogen and oxygen atoms in total. The first-order chi connectivity index (χ1) is 13.6. The molecule has 0 heterocycles. The lowest BCUT2D eigenvalue weighted by Gasteiger charge is -2.23. The molecule has 0 saturated heterocycles. The van der Waals surface area contributed by atoms with Crippen LogP contribution in [0.25, 0.3) is 0 Å². The predicted molar refractivity (Wildman–Crippen MR) is 105 cm³/mol. The van der Waals surface area contributed by atoms with Crippen molar-refractivity contribution < 1.29 is 29.4 Å². The average molecular weight is 408 g/mol. The fourth-order valence-electron chi connectivity index (χ4n) is 2.48. The molecule has 7 N–H and O–H groups in total. The van der Waals surface area contributed by atoms with Crippen LogP contribution in [0.1, 0.15) is 25.8 Å². The summed E-state index contributed by atoms with van der Waals surface area (Å²) >= 11 is 0. The predicted octanol–water partition coefficient (Wildman–Crippen LogP) is -0.890. The molecular weight excluding hydrogens is 380 g/mol. The van der Waals surface area contributed by atoms with Gasteiger partial charge in [-0.15, -0.1) is 0 Å². The van der Waals surface area contributed by atoms with Gasteiger partial charge < -0.3 is 31.9 Å². The van der Waals surface area contributed by atoms with Gasteiger partial charge in [0, 0.05) is 0 Å². The van der Waals surface area contributed by atoms with Crippen LogP contribution in [0, 0.1) is 5.92 Å². The number of carboxylic acid groups (broad SMARTS) is 1. The van der Waals surface area contributed by atoms with Crippen molar-refractivity contribution in [1.29, 1.82) is 0 Å². The van der Waals surface area contributed by atoms with E-state index in [9.17, 15) is 24.3 Å². The minimum atomic E-state index is -1.19. The summed E-state index contributed by atoms with van der Waals surface area (Å²) in [5.74, 6) is -3.06. The topological polar surface area (TPSA) is 171 Å². The van der Waals surface area contributed by atoms with Crippen molar-refractivity contribution in [1.82, 2.24) is 16.0 Å². The summed E-state index contributed by atoms with van der Waals surface area (Å²) in [5.41, 5.74) is 6.59. The van der Waals surface area contributed by atoms with Crippen molar-refractivity contribution in [2.45, 2.75) is 38.8 Å². The molecule has 3 atom stereocenters. The third-order valence-corrected chi connectivity index (χ3v) is 4.38. The van der Waals surface area contributed by atoms with Gasteiger partial charge in [0.1, 0.15) is 18.3 Å². The van der Waals surface area contributed by atoms with Crippen molar-refractivity contribution >= 4 is 23.7 Å². The lowest BCUT2D eigenvalue weighted by atomic mass is 9.98. The van der Waals surface area contributed by atoms with E-state index in [0.29, 0.717) is 6.42 Å². The summed E-state index contributed by atoms with van der Waals surface area (Å²) in [6, 6.07) is 4.44. The van der Waals surface area contributed by atoms with E-state index in [0.717, 1.165) is 5.56 Å². The van der Waals surface area contributed by atoms with Gasteiger partial charge >= 0.3 is 5.97 Å². The van der Waals surface area contributed by atoms with Gasteiger partial charge in [-0.05, 0) is 30.0 Å². The van der Waals surface area contributed by atoms with Crippen LogP contribution in [0.4, 0.5) is 0 Å². The molecule has 0 aliphatic heterocycles. The Balaban J connectivity index is 2.54. The van der Waals surface area contributed by atoms with E-state index in [1.54, 1.807) is 19.1 Å². The number of phenols is 1. The third kappa shape index (κ3) is 8.60. The maximum Gasteiger partial charge on any atom is 0.322 e. The molecule has 0 fully saturated rings. The van der Waals surface area contributed by atoms with Crippen LogP contribution in [0.15, 0.2) is 24.3 Å². The summed E-state index contributed by atoms with van der Waals surface area (Å²) in [7, 11) is 0. The molecule has 0 aliphatic carbocycles. The first kappa shape index (κ1) is 23.9. The second-order valence-corrected chi connectivity index (χ2v) is 6.74. The van der Waals surface area contributed by atoms with Gasteiger partial charge in [-0.2, -0.15) is 0 Å². The molecule has 3 unspecified atom stereocenters. The van der Waals surface area contributed by atoms with Gasteiger partial charge in [0.2, 0.25) is 17.7 Å². The zero-order valence-corrected chi connectivity index (χ0v) is 16.5. The molecule has 3 amide bonds. The summed E-state index contributed by atoms with van der Waals surface area (Å²) < 4.78 is 0. The Morgan fingerprint density at radius 2 is 1.62 bits per heavy atom. The molecule has 1 aromatic rings. The van der Waals surface area contributed by atoms with Gasteiger partial charge in [0.25, 0.3) is 0 Å². The number of nitrogens with one attached hydrogen (secondary N) is 3. The molecule has 0 aromatic heterocycles. The van der Waals surface area contributed by atoms with E-state index in [1.165, 1.54) is 12.1 Å². The van der Waals surface area contributed by atoms with E-state index in [2.05, 4.69) is 16.0 Å². The van der Waals surface area contributed by atoms with Gasteiger partial charge in [-0.3, -0.25) is 19.2 Å². The van der Waals surface area contributed by atoms with Crippen LogP contribution < -0.4 is 21.7 Å². The normalized spacial score (nSPS) is 13.6. The summed E-state index contributed by atoms with van der Waals surface area (Å²) in [6.45, 7) is 2.65. The minimum Gasteiger partial charge on any atom is -0.508 e. The minimum absolute atomic E-state index is 0.103. The first-order valence-corrected chi connectivity index (χ1v) is 9.24. The highest BCUT2D eigenvalue weighted by molar-refractivity contribution is 5.92. The smallest absolute Gasteiger partial charge is 0.322 e. The van der Waals surface area contributed by atoms with Crippen LogP contribution in [-0.4, -0.2) is 59.1 Å². The number of nitrogens with two attached hydrogens (primary N) is 1. The largest absolute Gasteiger partial charge is 0.508 e. The highest BCUT2D eigenvalue weighted by Crippen LogP contribution is 2.11. The molecular formula is C19H28N4O6. The van der Waals surface area contributed by atoms with Gasteiger partial charge in [0.15, 0.2) is 0 Å². The Hall–Kier alpha value is -3.14. The van der Waals surface area contributed by atoms with Crippen LogP contribution in [0.3, 0.4) is 0 Å². The first-order valence-electron chi connectivity index (χ1n) is 9.24. The highest BCUT2D eigenvalue weighted by Gasteiger charge is 2.26. The number of carbonyl (C=O) groups excluding carboxylic acids is 3. The number of phenolic OH excluding ortho intramolecular Hbond substituents is 1. The van der Waals surface area contributed by atoms with Crippen LogP contribution >= 0.6 is 0 Å². The molecule has 160 valence electrons. The Labute approximate surface area is 168 Å². The Morgan fingerprint density at radius 1 is 1.03 bits per heavy atom. The molecule has 1 rings (SSSR count). The lowest BCUT2D eigenvalue weighted by molar-refractivity contribution is -0.138. The Bertz CT molecular complexity index is 722. The molecule has 0 spiro atoms. The van der Waals surface area contributed by atoms with E-state index in [4.69, 9.17) is 10.8 Å². The van der Waals surface area contributed by atoms with Crippen molar-refractivity contribution in [2.24, 2.45) is 11.7 Å². The number of aliphatic carboxylic acids is 1. The number of rotatable bonds is 11. The van der Waals surface area contributed by atoms with Gasteiger partial charge in [-0.25, -0.2) is 0 Å². The molecule has 0 radical (unpaired) electrons. The fraction of sp³-hybridized carbons (Fsp3) is 0.474. The average Bonchev–Trinajstić information content (AvgIpc) is 2.69. The summed E-state index contributed by atoms with van der Waals surface area (Å²) in [6.07, 6.45) is 0.802. The monoisotopic (exact) mass is 408 g/mol. The SMILES string of the molecule is CCC(C)C(NC(=O)CNC(=O)C(N)Cc1ccc(O)cc1)C(=O)NCC(=O)O. The maximum atomic E-state index is 12.1. The molecule has 29 heavy (non-hydrogen) atoms. The second kappa shape index (κ2) is 11.6. The van der Waals surface area contributed by atoms with Crippen molar-refractivity contribution in [3.8, 4) is 5.75 Å². The number of aromatic hydroxyl groups is 1. The number of carboxylic acids is 1. The molecule has 0 bridgehead atoms. The molecule has 1 aromatic carbocycles. The van der Waals surface area contributed by atoms with Crippen molar-refractivity contribution in [2.75, 3.05) is 13.1 Å². The lowest BCUT2D eigenvalue weighted by Crippen LogP contribution is -2.54. The molecule has 0 saturated carbocycles. The second-order valence-electron chi connectivity index (χ2n) is 6.74. The number of benzene rings is 1. The standard InChI is InChI=1S/C19H28N4O6/c1-3-11(2)17(19(29)22-10-16(26)27)23-15(25)9-21-18(28)14(20)8-12-4-6-13(24)7-5-12/h4-7,11,14,17,24H,3,8-10,20H2,1-2H3,(H,21,28)(H,22,29)(H,23,25)(H,26,27). The van der Waals surface area contributed by atoms with Gasteiger partial charge in [-0.1, -0.05) is 32.4 Å². The molecule has 10 heteroatoms. The van der Waals surface area contributed by atoms with Crippen molar-refractivity contribution in [3.63, 3.8) is 0 Å². The molecule has 0 aliphatic rings. The Kier molecular flexibility index (Phi) is 9.60. The fourth-order valence-corrected chi connectivity index (χ4v) is 2.48.